The molecule has 1 aliphatic carbocycles. The summed E-state index contributed by atoms with van der Waals surface area (Å²) in [6, 6.07) is 12.9. The van der Waals surface area contributed by atoms with Crippen LogP contribution < -0.4 is 5.32 Å². The highest BCUT2D eigenvalue weighted by atomic mass is 32.2. The number of carbonyl (C=O) groups excluding carboxylic acids is 2. The smallest absolute Gasteiger partial charge is 0.408 e. The van der Waals surface area contributed by atoms with Crippen molar-refractivity contribution in [3.8, 4) is 0 Å². The zero-order valence-electron chi connectivity index (χ0n) is 16.3. The molecule has 0 aliphatic heterocycles. The van der Waals surface area contributed by atoms with Gasteiger partial charge in [-0.15, -0.1) is 0 Å². The van der Waals surface area contributed by atoms with Gasteiger partial charge in [-0.25, -0.2) is 17.6 Å². The molecule has 1 fully saturated rings. The zero-order valence-corrected chi connectivity index (χ0v) is 17.1. The molecule has 0 bridgehead atoms. The number of halogens is 1. The largest absolute Gasteiger partial charge is 0.444 e. The molecule has 0 aromatic heterocycles. The Bertz CT molecular complexity index is 1020. The summed E-state index contributed by atoms with van der Waals surface area (Å²) in [5, 5.41) is 1.22. The van der Waals surface area contributed by atoms with E-state index in [4.69, 9.17) is 4.74 Å². The summed E-state index contributed by atoms with van der Waals surface area (Å²) in [6.07, 6.45) is -0.474. The van der Waals surface area contributed by atoms with E-state index >= 15 is 0 Å². The van der Waals surface area contributed by atoms with Crippen LogP contribution in [0.3, 0.4) is 0 Å². The van der Waals surface area contributed by atoms with Crippen LogP contribution in [0.5, 0.6) is 0 Å². The minimum atomic E-state index is -3.98. The Hall–Kier alpha value is -2.74. The van der Waals surface area contributed by atoms with Gasteiger partial charge < -0.3 is 14.8 Å². The number of carbonyl (C=O) groups is 2. The molecule has 154 valence electrons. The third kappa shape index (κ3) is 4.03. The Kier molecular flexibility index (Phi) is 5.25. The highest BCUT2D eigenvalue weighted by molar-refractivity contribution is 7.92. The molecular formula is C21H22FNO5S. The summed E-state index contributed by atoms with van der Waals surface area (Å²) in [4.78, 5) is 24.5. The third-order valence-corrected chi connectivity index (χ3v) is 6.99. The number of amides is 1. The molecule has 6 nitrogen and oxygen atoms in total. The van der Waals surface area contributed by atoms with Crippen molar-refractivity contribution in [2.45, 2.75) is 48.0 Å². The Balaban J connectivity index is 2.04. The van der Waals surface area contributed by atoms with Crippen LogP contribution >= 0.6 is 0 Å². The average Bonchev–Trinajstić information content (AvgIpc) is 3.31. The second-order valence-corrected chi connectivity index (χ2v) is 10.1. The predicted octanol–water partition coefficient (Wildman–Crippen LogP) is 3.23. The molecule has 0 saturated heterocycles. The van der Waals surface area contributed by atoms with Crippen LogP contribution in [0.15, 0.2) is 59.5 Å². The predicted molar refractivity (Wildman–Crippen MR) is 105 cm³/mol. The van der Waals surface area contributed by atoms with Gasteiger partial charge in [0.25, 0.3) is 0 Å². The Labute approximate surface area is 169 Å². The quantitative estimate of drug-likeness (QED) is 0.752. The Morgan fingerprint density at radius 1 is 1.10 bits per heavy atom. The van der Waals surface area contributed by atoms with Crippen molar-refractivity contribution in [3.63, 3.8) is 0 Å². The summed E-state index contributed by atoms with van der Waals surface area (Å²) in [7, 11) is -3.98. The molecule has 29 heavy (non-hydrogen) atoms. The number of aldehydes is 1. The van der Waals surface area contributed by atoms with E-state index in [0.717, 1.165) is 0 Å². The van der Waals surface area contributed by atoms with Crippen LogP contribution in [-0.4, -0.2) is 37.2 Å². The first kappa shape index (κ1) is 21.0. The van der Waals surface area contributed by atoms with Gasteiger partial charge in [0.15, 0.2) is 9.84 Å². The molecular weight excluding hydrogens is 397 g/mol. The second-order valence-electron chi connectivity index (χ2n) is 7.99. The standard InChI is InChI=1S/C21H22FNO5S/c1-20(2,3)28-19(25)23-21(13-24)17(14-9-11-15(22)12-10-14)18(21)29(26,27)16-7-5-4-6-8-16/h4-13,17-18H,1-3H3,(H,23,25)/t17-,18+,21+/m0/s1. The van der Waals surface area contributed by atoms with Crippen molar-refractivity contribution in [3.05, 3.63) is 66.0 Å². The fourth-order valence-electron chi connectivity index (χ4n) is 3.49. The van der Waals surface area contributed by atoms with Gasteiger partial charge in [-0.3, -0.25) is 0 Å². The van der Waals surface area contributed by atoms with Crippen molar-refractivity contribution in [1.29, 1.82) is 0 Å². The molecule has 1 aliphatic rings. The SMILES string of the molecule is CC(C)(C)OC(=O)N[C@@]1(C=O)[C@H](S(=O)(=O)c2ccccc2)[C@@H]1c1ccc(F)cc1. The average molecular weight is 419 g/mol. The van der Waals surface area contributed by atoms with E-state index < -0.39 is 44.1 Å². The third-order valence-electron chi connectivity index (χ3n) is 4.73. The van der Waals surface area contributed by atoms with Gasteiger partial charge in [-0.05, 0) is 50.6 Å². The second kappa shape index (κ2) is 7.26. The highest BCUT2D eigenvalue weighted by Crippen LogP contribution is 2.56. The van der Waals surface area contributed by atoms with Crippen LogP contribution in [0.1, 0.15) is 32.3 Å². The van der Waals surface area contributed by atoms with Crippen LogP contribution in [0.2, 0.25) is 0 Å². The fraction of sp³-hybridized carbons (Fsp3) is 0.333. The molecule has 1 saturated carbocycles. The van der Waals surface area contributed by atoms with Gasteiger partial charge in [0.1, 0.15) is 28.5 Å². The number of sulfone groups is 1. The van der Waals surface area contributed by atoms with Crippen LogP contribution in [-0.2, 0) is 19.4 Å². The number of hydrogen-bond donors (Lipinski definition) is 1. The monoisotopic (exact) mass is 419 g/mol. The maximum atomic E-state index is 13.4. The first-order valence-corrected chi connectivity index (χ1v) is 10.6. The van der Waals surface area contributed by atoms with Crippen molar-refractivity contribution < 1.29 is 27.1 Å². The van der Waals surface area contributed by atoms with E-state index in [0.29, 0.717) is 11.8 Å². The Morgan fingerprint density at radius 2 is 1.69 bits per heavy atom. The minimum absolute atomic E-state index is 0.0341. The summed E-state index contributed by atoms with van der Waals surface area (Å²) in [5.41, 5.74) is -2.11. The molecule has 0 radical (unpaired) electrons. The van der Waals surface area contributed by atoms with Gasteiger partial charge in [0.2, 0.25) is 0 Å². The van der Waals surface area contributed by atoms with Crippen LogP contribution in [0.25, 0.3) is 0 Å². The summed E-state index contributed by atoms with van der Waals surface area (Å²) >= 11 is 0. The summed E-state index contributed by atoms with van der Waals surface area (Å²) < 4.78 is 45.1. The topological polar surface area (TPSA) is 89.5 Å². The van der Waals surface area contributed by atoms with Crippen LogP contribution in [0.4, 0.5) is 9.18 Å². The molecule has 1 amide bonds. The van der Waals surface area contributed by atoms with Gasteiger partial charge in [-0.2, -0.15) is 0 Å². The van der Waals surface area contributed by atoms with E-state index in [-0.39, 0.29) is 4.90 Å². The van der Waals surface area contributed by atoms with Gasteiger partial charge >= 0.3 is 6.09 Å². The van der Waals surface area contributed by atoms with E-state index in [1.54, 1.807) is 39.0 Å². The molecule has 3 rings (SSSR count). The van der Waals surface area contributed by atoms with Crippen LogP contribution in [0, 0.1) is 5.82 Å². The molecule has 0 unspecified atom stereocenters. The normalized spacial score (nSPS) is 23.9. The Morgan fingerprint density at radius 3 is 2.21 bits per heavy atom. The van der Waals surface area contributed by atoms with Crippen molar-refractivity contribution in [1.82, 2.24) is 5.32 Å². The first-order valence-electron chi connectivity index (χ1n) is 9.03. The lowest BCUT2D eigenvalue weighted by Crippen LogP contribution is -2.45. The van der Waals surface area contributed by atoms with Crippen molar-refractivity contribution in [2.75, 3.05) is 0 Å². The maximum absolute atomic E-state index is 13.4. The lowest BCUT2D eigenvalue weighted by Gasteiger charge is -2.22. The summed E-state index contributed by atoms with van der Waals surface area (Å²) in [6.45, 7) is 4.97. The first-order chi connectivity index (χ1) is 13.5. The van der Waals surface area contributed by atoms with E-state index in [1.807, 2.05) is 0 Å². The molecule has 0 heterocycles. The van der Waals surface area contributed by atoms with E-state index in [2.05, 4.69) is 5.32 Å². The minimum Gasteiger partial charge on any atom is -0.444 e. The van der Waals surface area contributed by atoms with E-state index in [9.17, 15) is 22.4 Å². The lowest BCUT2D eigenvalue weighted by atomic mass is 10.1. The van der Waals surface area contributed by atoms with Gasteiger partial charge in [-0.1, -0.05) is 30.3 Å². The molecule has 0 spiro atoms. The molecule has 2 aromatic carbocycles. The number of ether oxygens (including phenoxy) is 1. The summed E-state index contributed by atoms with van der Waals surface area (Å²) in [5.74, 6) is -1.37. The number of rotatable bonds is 5. The molecule has 1 N–H and O–H groups in total. The highest BCUT2D eigenvalue weighted by Gasteiger charge is 2.73. The van der Waals surface area contributed by atoms with E-state index in [1.165, 1.54) is 36.4 Å². The number of hydrogen-bond acceptors (Lipinski definition) is 5. The number of benzene rings is 2. The fourth-order valence-corrected chi connectivity index (χ4v) is 5.75. The van der Waals surface area contributed by atoms with Crippen molar-refractivity contribution in [2.24, 2.45) is 0 Å². The molecule has 3 atom stereocenters. The number of nitrogens with one attached hydrogen (secondary N) is 1. The van der Waals surface area contributed by atoms with Gasteiger partial charge in [0, 0.05) is 5.92 Å². The molecule has 8 heteroatoms. The maximum Gasteiger partial charge on any atom is 0.408 e. The molecule has 2 aromatic rings. The van der Waals surface area contributed by atoms with Gasteiger partial charge in [0.05, 0.1) is 4.90 Å². The lowest BCUT2D eigenvalue weighted by molar-refractivity contribution is -0.110. The van der Waals surface area contributed by atoms with Crippen molar-refractivity contribution >= 4 is 22.2 Å². The number of alkyl carbamates (subject to hydrolysis) is 1. The zero-order chi connectivity index (χ0) is 21.4.